The van der Waals surface area contributed by atoms with Crippen LogP contribution in [-0.2, 0) is 4.74 Å². The van der Waals surface area contributed by atoms with Gasteiger partial charge in [0.1, 0.15) is 36.2 Å². The summed E-state index contributed by atoms with van der Waals surface area (Å²) in [5.41, 5.74) is 6.51. The molecule has 0 spiro atoms. The summed E-state index contributed by atoms with van der Waals surface area (Å²) in [5, 5.41) is 0. The van der Waals surface area contributed by atoms with Gasteiger partial charge >= 0.3 is 0 Å². The van der Waals surface area contributed by atoms with Gasteiger partial charge in [0.2, 0.25) is 0 Å². The second-order valence-electron chi connectivity index (χ2n) is 14.2. The summed E-state index contributed by atoms with van der Waals surface area (Å²) in [6, 6.07) is 23.3. The molecule has 1 heterocycles. The second kappa shape index (κ2) is 19.2. The van der Waals surface area contributed by atoms with Gasteiger partial charge in [-0.25, -0.2) is 0 Å². The van der Waals surface area contributed by atoms with E-state index in [2.05, 4.69) is 44.4 Å². The van der Waals surface area contributed by atoms with Gasteiger partial charge < -0.3 is 28.6 Å². The van der Waals surface area contributed by atoms with E-state index in [0.29, 0.717) is 49.2 Å². The number of carbonyl (C=O) groups is 2. The number of hydrogen-bond donors (Lipinski definition) is 0. The fourth-order valence-corrected chi connectivity index (χ4v) is 7.28. The smallest absolute Gasteiger partial charge is 0.194 e. The van der Waals surface area contributed by atoms with Crippen LogP contribution in [-0.4, -0.2) is 99.8 Å². The van der Waals surface area contributed by atoms with E-state index in [1.165, 1.54) is 0 Å². The van der Waals surface area contributed by atoms with Crippen molar-refractivity contribution < 1.29 is 33.3 Å². The van der Waals surface area contributed by atoms with Crippen LogP contribution in [0.2, 0.25) is 0 Å². The monoisotopic (exact) mass is 748 g/mol. The maximum Gasteiger partial charge on any atom is 0.194 e. The second-order valence-corrected chi connectivity index (χ2v) is 14.2. The van der Waals surface area contributed by atoms with E-state index in [4.69, 9.17) is 23.7 Å². The van der Waals surface area contributed by atoms with Crippen molar-refractivity contribution in [2.45, 2.75) is 59.9 Å². The molecule has 4 aromatic carbocycles. The molecule has 9 nitrogen and oxygen atoms in total. The van der Waals surface area contributed by atoms with Gasteiger partial charge in [-0.15, -0.1) is 0 Å². The minimum Gasteiger partial charge on any atom is -0.494 e. The Morgan fingerprint density at radius 1 is 0.636 bits per heavy atom. The summed E-state index contributed by atoms with van der Waals surface area (Å²) in [7, 11) is 0. The molecule has 3 aliphatic rings. The largest absolute Gasteiger partial charge is 0.494 e. The van der Waals surface area contributed by atoms with Crippen molar-refractivity contribution in [2.24, 2.45) is 0 Å². The normalized spacial score (nSPS) is 14.7. The highest BCUT2D eigenvalue weighted by Gasteiger charge is 2.31. The molecule has 292 valence electrons. The van der Waals surface area contributed by atoms with Gasteiger partial charge in [-0.2, -0.15) is 0 Å². The van der Waals surface area contributed by atoms with Gasteiger partial charge in [0.15, 0.2) is 11.6 Å². The van der Waals surface area contributed by atoms with E-state index < -0.39 is 0 Å². The standard InChI is InChI=1S/C23H27NO4.C23H29NO3/c1-3-11-27-17-7-8-18-20(14-17)23(25)19-5-4-6-21(22(18)19)28-15-16(2)24-9-12-26-13-10-24;1-4-7-14-26-17-11-12-18-20(16-17)23(25)19-9-8-10-21(22(18)19)27-15-13-24(5-2)6-3/h4-8,14,16H,3,9-13,15H2,1-2H3;8-12,16H,4-7,13-15H2,1-3H3. The van der Waals surface area contributed by atoms with E-state index in [1.807, 2.05) is 72.8 Å². The molecule has 7 rings (SSSR count). The third-order valence-electron chi connectivity index (χ3n) is 10.5. The number of ketones is 2. The lowest BCUT2D eigenvalue weighted by Gasteiger charge is -2.32. The van der Waals surface area contributed by atoms with Crippen molar-refractivity contribution >= 4 is 11.6 Å². The van der Waals surface area contributed by atoms with Crippen molar-refractivity contribution in [3.05, 3.63) is 95.1 Å². The van der Waals surface area contributed by atoms with E-state index in [1.54, 1.807) is 0 Å². The van der Waals surface area contributed by atoms with Gasteiger partial charge in [-0.1, -0.05) is 58.4 Å². The molecule has 1 unspecified atom stereocenters. The average Bonchev–Trinajstić information content (AvgIpc) is 3.68. The summed E-state index contributed by atoms with van der Waals surface area (Å²) in [4.78, 5) is 30.5. The first-order chi connectivity index (χ1) is 26.9. The third kappa shape index (κ3) is 9.23. The Hall–Kier alpha value is -4.70. The van der Waals surface area contributed by atoms with Crippen molar-refractivity contribution in [3.63, 3.8) is 0 Å². The quantitative estimate of drug-likeness (QED) is 0.0852. The first kappa shape index (κ1) is 40.0. The molecule has 4 aromatic rings. The molecule has 0 N–H and O–H groups in total. The Morgan fingerprint density at radius 3 is 1.75 bits per heavy atom. The fraction of sp³-hybridized carbons (Fsp3) is 0.435. The Kier molecular flexibility index (Phi) is 14.0. The summed E-state index contributed by atoms with van der Waals surface area (Å²) >= 11 is 0. The topological polar surface area (TPSA) is 86.8 Å². The molecular formula is C46H56N2O7. The Bertz CT molecular complexity index is 1930. The molecule has 1 atom stereocenters. The predicted octanol–water partition coefficient (Wildman–Crippen LogP) is 8.58. The fourth-order valence-electron chi connectivity index (χ4n) is 7.28. The van der Waals surface area contributed by atoms with Crippen LogP contribution in [0.4, 0.5) is 0 Å². The third-order valence-corrected chi connectivity index (χ3v) is 10.5. The number of unbranched alkanes of at least 4 members (excludes halogenated alkanes) is 1. The minimum atomic E-state index is 0.0404. The number of fused-ring (bicyclic) bond motifs is 6. The van der Waals surface area contributed by atoms with E-state index in [0.717, 1.165) is 116 Å². The zero-order valence-electron chi connectivity index (χ0n) is 33.2. The predicted molar refractivity (Wildman–Crippen MR) is 217 cm³/mol. The number of morpholine rings is 1. The van der Waals surface area contributed by atoms with Crippen molar-refractivity contribution in [1.29, 1.82) is 0 Å². The first-order valence-electron chi connectivity index (χ1n) is 20.1. The van der Waals surface area contributed by atoms with Crippen LogP contribution >= 0.6 is 0 Å². The average molecular weight is 749 g/mol. The Balaban J connectivity index is 0.000000187. The zero-order chi connectivity index (χ0) is 38.7. The highest BCUT2D eigenvalue weighted by Crippen LogP contribution is 2.45. The molecule has 0 radical (unpaired) electrons. The van der Waals surface area contributed by atoms with Crippen LogP contribution in [0.5, 0.6) is 23.0 Å². The molecule has 0 saturated carbocycles. The van der Waals surface area contributed by atoms with Crippen LogP contribution < -0.4 is 18.9 Å². The highest BCUT2D eigenvalue weighted by atomic mass is 16.5. The summed E-state index contributed by atoms with van der Waals surface area (Å²) in [6.45, 7) is 19.5. The number of hydrogen-bond acceptors (Lipinski definition) is 9. The lowest BCUT2D eigenvalue weighted by atomic mass is 10.0. The van der Waals surface area contributed by atoms with Crippen molar-refractivity contribution in [1.82, 2.24) is 9.80 Å². The van der Waals surface area contributed by atoms with Crippen molar-refractivity contribution in [2.75, 3.05) is 72.4 Å². The van der Waals surface area contributed by atoms with E-state index in [-0.39, 0.29) is 11.6 Å². The summed E-state index contributed by atoms with van der Waals surface area (Å²) < 4.78 is 29.2. The van der Waals surface area contributed by atoms with Crippen LogP contribution in [0.1, 0.15) is 85.7 Å². The molecule has 1 fully saturated rings. The maximum atomic E-state index is 12.9. The van der Waals surface area contributed by atoms with Gasteiger partial charge in [-0.3, -0.25) is 14.5 Å². The molecule has 55 heavy (non-hydrogen) atoms. The van der Waals surface area contributed by atoms with Crippen molar-refractivity contribution in [3.8, 4) is 45.3 Å². The number of benzene rings is 4. The lowest BCUT2D eigenvalue weighted by Crippen LogP contribution is -2.44. The van der Waals surface area contributed by atoms with E-state index in [9.17, 15) is 9.59 Å². The van der Waals surface area contributed by atoms with Crippen LogP contribution in [0.3, 0.4) is 0 Å². The molecule has 2 aliphatic carbocycles. The number of rotatable bonds is 17. The van der Waals surface area contributed by atoms with Crippen LogP contribution in [0.15, 0.2) is 72.8 Å². The highest BCUT2D eigenvalue weighted by molar-refractivity contribution is 6.23. The molecule has 0 aromatic heterocycles. The van der Waals surface area contributed by atoms with Gasteiger partial charge in [0, 0.05) is 59.1 Å². The molecule has 1 aliphatic heterocycles. The number of nitrogens with zero attached hydrogens (tertiary/aromatic N) is 2. The summed E-state index contributed by atoms with van der Waals surface area (Å²) in [6.07, 6.45) is 3.03. The number of ether oxygens (including phenoxy) is 5. The zero-order valence-corrected chi connectivity index (χ0v) is 33.2. The SMILES string of the molecule is CCCCOc1ccc2c(c1)C(=O)c1cccc(OCCN(CC)CC)c1-2.CCCOc1ccc2c(c1)C(=O)c1cccc(OCC(C)N3CCOCC3)c1-2. The molecule has 0 bridgehead atoms. The van der Waals surface area contributed by atoms with Crippen LogP contribution in [0.25, 0.3) is 22.3 Å². The molecular weight excluding hydrogens is 693 g/mol. The Labute approximate surface area is 326 Å². The first-order valence-corrected chi connectivity index (χ1v) is 20.1. The minimum absolute atomic E-state index is 0.0404. The van der Waals surface area contributed by atoms with Crippen LogP contribution in [0, 0.1) is 0 Å². The van der Waals surface area contributed by atoms with Gasteiger partial charge in [-0.05, 0) is 92.5 Å². The molecule has 1 saturated heterocycles. The number of likely N-dealkylation sites (N-methyl/N-ethyl adjacent to an activating group) is 1. The maximum absolute atomic E-state index is 12.9. The lowest BCUT2D eigenvalue weighted by molar-refractivity contribution is 0.0106. The molecule has 0 amide bonds. The number of carbonyl (C=O) groups excluding carboxylic acids is 2. The van der Waals surface area contributed by atoms with Gasteiger partial charge in [0.25, 0.3) is 0 Å². The summed E-state index contributed by atoms with van der Waals surface area (Å²) in [5.74, 6) is 3.14. The van der Waals surface area contributed by atoms with Gasteiger partial charge in [0.05, 0.1) is 26.4 Å². The Morgan fingerprint density at radius 2 is 1.20 bits per heavy atom. The van der Waals surface area contributed by atoms with E-state index >= 15 is 0 Å². The molecule has 9 heteroatoms.